The molecule has 1 unspecified atom stereocenters. The molecule has 1 heterocycles. The van der Waals surface area contributed by atoms with Crippen molar-refractivity contribution in [2.75, 3.05) is 5.32 Å². The van der Waals surface area contributed by atoms with Crippen molar-refractivity contribution in [2.45, 2.75) is 26.3 Å². The zero-order valence-corrected chi connectivity index (χ0v) is 8.39. The molecule has 0 aliphatic rings. The van der Waals surface area contributed by atoms with Crippen LogP contribution in [0.4, 0.5) is 5.13 Å². The first kappa shape index (κ1) is 9.91. The summed E-state index contributed by atoms with van der Waals surface area (Å²) in [5.41, 5.74) is 5.04. The maximum Gasteiger partial charge on any atom is 0.219 e. The summed E-state index contributed by atoms with van der Waals surface area (Å²) in [6.07, 6.45) is 0.304. The van der Waals surface area contributed by atoms with E-state index in [0.29, 0.717) is 6.42 Å². The molecule has 6 heteroatoms. The van der Waals surface area contributed by atoms with Crippen molar-refractivity contribution in [1.82, 2.24) is 10.2 Å². The van der Waals surface area contributed by atoms with E-state index < -0.39 is 0 Å². The number of amides is 1. The molecule has 0 bridgehead atoms. The molecule has 0 spiro atoms. The van der Waals surface area contributed by atoms with Gasteiger partial charge in [0.1, 0.15) is 5.01 Å². The van der Waals surface area contributed by atoms with Crippen LogP contribution in [0.5, 0.6) is 0 Å². The Hall–Kier alpha value is -1.17. The molecule has 0 radical (unpaired) electrons. The van der Waals surface area contributed by atoms with E-state index in [1.807, 2.05) is 13.8 Å². The maximum absolute atomic E-state index is 10.6. The molecule has 0 aliphatic heterocycles. The highest BCUT2D eigenvalue weighted by Crippen LogP contribution is 2.15. The van der Waals surface area contributed by atoms with Crippen molar-refractivity contribution in [2.24, 2.45) is 5.73 Å². The number of nitrogens with zero attached hydrogens (tertiary/aromatic N) is 2. The van der Waals surface area contributed by atoms with Crippen LogP contribution < -0.4 is 11.1 Å². The Morgan fingerprint density at radius 1 is 1.69 bits per heavy atom. The van der Waals surface area contributed by atoms with Gasteiger partial charge in [-0.15, -0.1) is 10.2 Å². The molecular weight excluding hydrogens is 188 g/mol. The molecule has 5 nitrogen and oxygen atoms in total. The lowest BCUT2D eigenvalue weighted by Crippen LogP contribution is -2.23. The number of anilines is 1. The Kier molecular flexibility index (Phi) is 3.18. The summed E-state index contributed by atoms with van der Waals surface area (Å²) in [5, 5.41) is 12.4. The van der Waals surface area contributed by atoms with Crippen LogP contribution in [0, 0.1) is 6.92 Å². The second-order valence-electron chi connectivity index (χ2n) is 2.84. The number of aryl methyl sites for hydroxylation is 1. The van der Waals surface area contributed by atoms with Gasteiger partial charge in [0.25, 0.3) is 0 Å². The van der Waals surface area contributed by atoms with E-state index in [1.54, 1.807) is 0 Å². The highest BCUT2D eigenvalue weighted by atomic mass is 32.1. The minimum atomic E-state index is -0.318. The summed E-state index contributed by atoms with van der Waals surface area (Å²) >= 11 is 1.46. The molecule has 1 aromatic rings. The molecular formula is C7H12N4OS. The number of carbonyl (C=O) groups is 1. The Morgan fingerprint density at radius 2 is 2.38 bits per heavy atom. The largest absolute Gasteiger partial charge is 0.370 e. The third-order valence-electron chi connectivity index (χ3n) is 1.40. The fourth-order valence-corrected chi connectivity index (χ4v) is 1.62. The van der Waals surface area contributed by atoms with Gasteiger partial charge in [-0.1, -0.05) is 11.3 Å². The maximum atomic E-state index is 10.6. The summed E-state index contributed by atoms with van der Waals surface area (Å²) in [6.45, 7) is 3.75. The van der Waals surface area contributed by atoms with Gasteiger partial charge in [0.2, 0.25) is 11.0 Å². The number of nitrogens with two attached hydrogens (primary N) is 1. The molecule has 1 aromatic heterocycles. The topological polar surface area (TPSA) is 80.9 Å². The molecule has 1 amide bonds. The summed E-state index contributed by atoms with van der Waals surface area (Å²) in [6, 6.07) is 0.00449. The smallest absolute Gasteiger partial charge is 0.219 e. The third kappa shape index (κ3) is 3.37. The van der Waals surface area contributed by atoms with Gasteiger partial charge in [-0.2, -0.15) is 0 Å². The van der Waals surface area contributed by atoms with Crippen LogP contribution in [0.25, 0.3) is 0 Å². The van der Waals surface area contributed by atoms with Crippen molar-refractivity contribution in [3.63, 3.8) is 0 Å². The first-order valence-corrected chi connectivity index (χ1v) is 4.74. The highest BCUT2D eigenvalue weighted by Gasteiger charge is 2.07. The molecule has 13 heavy (non-hydrogen) atoms. The van der Waals surface area contributed by atoms with Crippen LogP contribution in [0.3, 0.4) is 0 Å². The van der Waals surface area contributed by atoms with Crippen molar-refractivity contribution in [3.05, 3.63) is 5.01 Å². The standard InChI is InChI=1S/C7H12N4OS/c1-4(3-6(8)12)9-7-11-10-5(2)13-7/h4H,3H2,1-2H3,(H2,8,12)(H,9,11). The molecule has 0 saturated carbocycles. The van der Waals surface area contributed by atoms with Gasteiger partial charge in [0.05, 0.1) is 0 Å². The highest BCUT2D eigenvalue weighted by molar-refractivity contribution is 7.15. The lowest BCUT2D eigenvalue weighted by Gasteiger charge is -2.08. The van der Waals surface area contributed by atoms with Crippen LogP contribution in [-0.4, -0.2) is 22.1 Å². The number of nitrogens with one attached hydrogen (secondary N) is 1. The van der Waals surface area contributed by atoms with Gasteiger partial charge in [-0.05, 0) is 13.8 Å². The molecule has 1 atom stereocenters. The first-order chi connectivity index (χ1) is 6.08. The molecule has 72 valence electrons. The summed E-state index contributed by atoms with van der Waals surface area (Å²) in [4.78, 5) is 10.6. The summed E-state index contributed by atoms with van der Waals surface area (Å²) < 4.78 is 0. The van der Waals surface area contributed by atoms with E-state index >= 15 is 0 Å². The van der Waals surface area contributed by atoms with Gasteiger partial charge >= 0.3 is 0 Å². The number of rotatable bonds is 4. The second kappa shape index (κ2) is 4.18. The summed E-state index contributed by atoms with van der Waals surface area (Å²) in [7, 11) is 0. The monoisotopic (exact) mass is 200 g/mol. The number of primary amides is 1. The number of hydrogen-bond acceptors (Lipinski definition) is 5. The second-order valence-corrected chi connectivity index (χ2v) is 4.02. The predicted molar refractivity (Wildman–Crippen MR) is 51.5 cm³/mol. The molecule has 0 aliphatic carbocycles. The van der Waals surface area contributed by atoms with Gasteiger partial charge in [0, 0.05) is 12.5 Å². The van der Waals surface area contributed by atoms with E-state index in [0.717, 1.165) is 10.1 Å². The van der Waals surface area contributed by atoms with Crippen LogP contribution in [0.1, 0.15) is 18.4 Å². The zero-order chi connectivity index (χ0) is 9.84. The minimum absolute atomic E-state index is 0.00449. The van der Waals surface area contributed by atoms with Crippen molar-refractivity contribution < 1.29 is 4.79 Å². The quantitative estimate of drug-likeness (QED) is 0.742. The van der Waals surface area contributed by atoms with Gasteiger partial charge in [0.15, 0.2) is 0 Å². The number of hydrogen-bond donors (Lipinski definition) is 2. The fourth-order valence-electron chi connectivity index (χ4n) is 0.918. The molecule has 3 N–H and O–H groups in total. The number of aromatic nitrogens is 2. The first-order valence-electron chi connectivity index (χ1n) is 3.93. The Labute approximate surface area is 80.4 Å². The lowest BCUT2D eigenvalue weighted by molar-refractivity contribution is -0.118. The third-order valence-corrected chi connectivity index (χ3v) is 2.17. The van der Waals surface area contributed by atoms with Crippen molar-refractivity contribution in [3.8, 4) is 0 Å². The van der Waals surface area contributed by atoms with E-state index in [-0.39, 0.29) is 11.9 Å². The minimum Gasteiger partial charge on any atom is -0.370 e. The predicted octanol–water partition coefficient (Wildman–Crippen LogP) is 0.522. The normalized spacial score (nSPS) is 12.5. The van der Waals surface area contributed by atoms with Crippen molar-refractivity contribution >= 4 is 22.4 Å². The number of carbonyl (C=O) groups excluding carboxylic acids is 1. The molecule has 1 rings (SSSR count). The Balaban J connectivity index is 2.44. The molecule has 0 fully saturated rings. The lowest BCUT2D eigenvalue weighted by atomic mass is 10.2. The van der Waals surface area contributed by atoms with Crippen LogP contribution >= 0.6 is 11.3 Å². The van der Waals surface area contributed by atoms with Crippen LogP contribution in [0.2, 0.25) is 0 Å². The fraction of sp³-hybridized carbons (Fsp3) is 0.571. The zero-order valence-electron chi connectivity index (χ0n) is 7.57. The average Bonchev–Trinajstić information content (AvgIpc) is 2.33. The van der Waals surface area contributed by atoms with Crippen LogP contribution in [0.15, 0.2) is 0 Å². The van der Waals surface area contributed by atoms with Gasteiger partial charge in [-0.3, -0.25) is 4.79 Å². The Morgan fingerprint density at radius 3 is 2.85 bits per heavy atom. The Bertz CT molecular complexity index is 298. The van der Waals surface area contributed by atoms with E-state index in [4.69, 9.17) is 5.73 Å². The SMILES string of the molecule is Cc1nnc(NC(C)CC(N)=O)s1. The van der Waals surface area contributed by atoms with Crippen LogP contribution in [-0.2, 0) is 4.79 Å². The van der Waals surface area contributed by atoms with Gasteiger partial charge < -0.3 is 11.1 Å². The van der Waals surface area contributed by atoms with Crippen molar-refractivity contribution in [1.29, 1.82) is 0 Å². The molecule has 0 aromatic carbocycles. The average molecular weight is 200 g/mol. The summed E-state index contributed by atoms with van der Waals surface area (Å²) in [5.74, 6) is -0.318. The van der Waals surface area contributed by atoms with Gasteiger partial charge in [-0.25, -0.2) is 0 Å². The van der Waals surface area contributed by atoms with E-state index in [1.165, 1.54) is 11.3 Å². The van der Waals surface area contributed by atoms with E-state index in [9.17, 15) is 4.79 Å². The van der Waals surface area contributed by atoms with E-state index in [2.05, 4.69) is 15.5 Å². The molecule has 0 saturated heterocycles.